The molecule has 1 aliphatic carbocycles. The Morgan fingerprint density at radius 3 is 2.65 bits per heavy atom. The van der Waals surface area contributed by atoms with Crippen LogP contribution < -0.4 is 4.74 Å². The first-order chi connectivity index (χ1) is 11.2. The highest BCUT2D eigenvalue weighted by molar-refractivity contribution is 5.41. The lowest BCUT2D eigenvalue weighted by molar-refractivity contribution is 0.294. The quantitative estimate of drug-likeness (QED) is 0.630. The van der Waals surface area contributed by atoms with E-state index in [1.807, 2.05) is 13.0 Å². The summed E-state index contributed by atoms with van der Waals surface area (Å²) in [4.78, 5) is 0. The Hall–Kier alpha value is -1.75. The van der Waals surface area contributed by atoms with Gasteiger partial charge in [0.15, 0.2) is 0 Å². The second-order valence-electron chi connectivity index (χ2n) is 6.27. The number of ether oxygens (including phenoxy) is 1. The molecule has 0 aromatic heterocycles. The number of hydrogen-bond acceptors (Lipinski definition) is 1. The van der Waals surface area contributed by atoms with Gasteiger partial charge in [0.05, 0.1) is 12.2 Å². The summed E-state index contributed by atoms with van der Waals surface area (Å²) in [6.45, 7) is 4.68. The molecular formula is C21H27FO. The van der Waals surface area contributed by atoms with Crippen LogP contribution in [0, 0.1) is 29.5 Å². The van der Waals surface area contributed by atoms with E-state index in [-0.39, 0.29) is 5.82 Å². The summed E-state index contributed by atoms with van der Waals surface area (Å²) in [5, 5.41) is 0. The summed E-state index contributed by atoms with van der Waals surface area (Å²) >= 11 is 0. The van der Waals surface area contributed by atoms with Crippen LogP contribution in [0.1, 0.15) is 57.9 Å². The van der Waals surface area contributed by atoms with Gasteiger partial charge in [0, 0.05) is 6.07 Å². The average Bonchev–Trinajstić information content (AvgIpc) is 2.55. The SMILES string of the molecule is CCC[C@H]1CC[C@H](C=CC#Cc2ccc(OCC)cc2F)CC1. The van der Waals surface area contributed by atoms with Crippen molar-refractivity contribution < 1.29 is 9.13 Å². The van der Waals surface area contributed by atoms with Gasteiger partial charge in [0.2, 0.25) is 0 Å². The first-order valence-electron chi connectivity index (χ1n) is 8.83. The molecule has 0 atom stereocenters. The second kappa shape index (κ2) is 9.40. The van der Waals surface area contributed by atoms with Crippen molar-refractivity contribution in [2.24, 2.45) is 11.8 Å². The third-order valence-corrected chi connectivity index (χ3v) is 4.50. The van der Waals surface area contributed by atoms with Crippen LogP contribution in [0.4, 0.5) is 4.39 Å². The minimum absolute atomic E-state index is 0.322. The minimum atomic E-state index is -0.322. The van der Waals surface area contributed by atoms with Crippen molar-refractivity contribution in [3.05, 3.63) is 41.7 Å². The summed E-state index contributed by atoms with van der Waals surface area (Å²) in [6, 6.07) is 4.83. The molecule has 0 unspecified atom stereocenters. The maximum atomic E-state index is 13.9. The van der Waals surface area contributed by atoms with Gasteiger partial charge in [-0.3, -0.25) is 0 Å². The fraction of sp³-hybridized carbons (Fsp3) is 0.524. The topological polar surface area (TPSA) is 9.23 Å². The van der Waals surface area contributed by atoms with Gasteiger partial charge < -0.3 is 4.74 Å². The van der Waals surface area contributed by atoms with Gasteiger partial charge in [-0.15, -0.1) is 0 Å². The van der Waals surface area contributed by atoms with Crippen molar-refractivity contribution >= 4 is 0 Å². The lowest BCUT2D eigenvalue weighted by atomic mass is 9.80. The third kappa shape index (κ3) is 5.75. The van der Waals surface area contributed by atoms with Crippen molar-refractivity contribution in [1.29, 1.82) is 0 Å². The minimum Gasteiger partial charge on any atom is -0.494 e. The molecule has 0 radical (unpaired) electrons. The number of benzene rings is 1. The normalized spacial score (nSPS) is 21.0. The fourth-order valence-electron chi connectivity index (χ4n) is 3.23. The van der Waals surface area contributed by atoms with Crippen LogP contribution in [-0.4, -0.2) is 6.61 Å². The van der Waals surface area contributed by atoms with Crippen LogP contribution in [-0.2, 0) is 0 Å². The molecule has 1 nitrogen and oxygen atoms in total. The van der Waals surface area contributed by atoms with Crippen molar-refractivity contribution in [3.63, 3.8) is 0 Å². The van der Waals surface area contributed by atoms with Crippen molar-refractivity contribution in [2.75, 3.05) is 6.61 Å². The highest BCUT2D eigenvalue weighted by Gasteiger charge is 2.18. The highest BCUT2D eigenvalue weighted by Crippen LogP contribution is 2.32. The monoisotopic (exact) mass is 314 g/mol. The molecule has 1 fully saturated rings. The van der Waals surface area contributed by atoms with Gasteiger partial charge in [-0.25, -0.2) is 4.39 Å². The number of rotatable bonds is 5. The third-order valence-electron chi connectivity index (χ3n) is 4.50. The molecule has 1 aliphatic rings. The van der Waals surface area contributed by atoms with E-state index in [0.717, 1.165) is 5.92 Å². The molecule has 0 amide bonds. The van der Waals surface area contributed by atoms with E-state index in [2.05, 4.69) is 24.8 Å². The molecule has 0 N–H and O–H groups in total. The zero-order valence-electron chi connectivity index (χ0n) is 14.3. The van der Waals surface area contributed by atoms with Crippen molar-refractivity contribution in [3.8, 4) is 17.6 Å². The van der Waals surface area contributed by atoms with Crippen LogP contribution in [0.3, 0.4) is 0 Å². The van der Waals surface area contributed by atoms with Crippen LogP contribution >= 0.6 is 0 Å². The maximum absolute atomic E-state index is 13.9. The molecule has 0 saturated heterocycles. The molecule has 0 spiro atoms. The first-order valence-corrected chi connectivity index (χ1v) is 8.83. The van der Waals surface area contributed by atoms with E-state index >= 15 is 0 Å². The van der Waals surface area contributed by atoms with E-state index in [0.29, 0.717) is 23.8 Å². The van der Waals surface area contributed by atoms with E-state index in [9.17, 15) is 4.39 Å². The van der Waals surface area contributed by atoms with Gasteiger partial charge in [0.25, 0.3) is 0 Å². The van der Waals surface area contributed by atoms with Crippen LogP contribution in [0.25, 0.3) is 0 Å². The van der Waals surface area contributed by atoms with E-state index in [1.165, 1.54) is 44.6 Å². The van der Waals surface area contributed by atoms with Crippen LogP contribution in [0.5, 0.6) is 5.75 Å². The van der Waals surface area contributed by atoms with E-state index in [4.69, 9.17) is 4.74 Å². The number of hydrogen-bond donors (Lipinski definition) is 0. The van der Waals surface area contributed by atoms with Crippen LogP contribution in [0.15, 0.2) is 30.4 Å². The summed E-state index contributed by atoms with van der Waals surface area (Å²) < 4.78 is 19.1. The fourth-order valence-corrected chi connectivity index (χ4v) is 3.23. The molecule has 2 heteroatoms. The lowest BCUT2D eigenvalue weighted by Gasteiger charge is -2.26. The zero-order chi connectivity index (χ0) is 16.5. The molecule has 23 heavy (non-hydrogen) atoms. The lowest BCUT2D eigenvalue weighted by Crippen LogP contribution is -2.12. The Kier molecular flexibility index (Phi) is 7.20. The Morgan fingerprint density at radius 1 is 1.22 bits per heavy atom. The van der Waals surface area contributed by atoms with E-state index in [1.54, 1.807) is 12.1 Å². The standard InChI is InChI=1S/C21H27FO/c1-3-7-17-10-12-18(13-11-17)8-5-6-9-19-14-15-20(23-4-2)16-21(19)22/h5,8,14-18H,3-4,7,10-13H2,1-2H3/t17-,18-. The predicted octanol–water partition coefficient (Wildman–Crippen LogP) is 5.74. The molecule has 0 aliphatic heterocycles. The Balaban J connectivity index is 1.86. The molecule has 0 heterocycles. The molecule has 1 aromatic rings. The van der Waals surface area contributed by atoms with Gasteiger partial charge >= 0.3 is 0 Å². The maximum Gasteiger partial charge on any atom is 0.142 e. The average molecular weight is 314 g/mol. The summed E-state index contributed by atoms with van der Waals surface area (Å²) in [5.41, 5.74) is 0.421. The van der Waals surface area contributed by atoms with Crippen molar-refractivity contribution in [2.45, 2.75) is 52.4 Å². The molecule has 124 valence electrons. The summed E-state index contributed by atoms with van der Waals surface area (Å²) in [5.74, 6) is 7.64. The van der Waals surface area contributed by atoms with Crippen molar-refractivity contribution in [1.82, 2.24) is 0 Å². The number of halogens is 1. The molecular weight excluding hydrogens is 287 g/mol. The largest absolute Gasteiger partial charge is 0.494 e. The smallest absolute Gasteiger partial charge is 0.142 e. The number of allylic oxidation sites excluding steroid dienone is 2. The van der Waals surface area contributed by atoms with Gasteiger partial charge in [0.1, 0.15) is 11.6 Å². The van der Waals surface area contributed by atoms with Gasteiger partial charge in [-0.2, -0.15) is 0 Å². The Bertz CT molecular complexity index is 571. The molecule has 2 rings (SSSR count). The Morgan fingerprint density at radius 2 is 2.00 bits per heavy atom. The van der Waals surface area contributed by atoms with Gasteiger partial charge in [-0.05, 0) is 62.7 Å². The van der Waals surface area contributed by atoms with Crippen LogP contribution in [0.2, 0.25) is 0 Å². The first kappa shape index (κ1) is 17.6. The molecule has 1 saturated carbocycles. The summed E-state index contributed by atoms with van der Waals surface area (Å²) in [7, 11) is 0. The second-order valence-corrected chi connectivity index (χ2v) is 6.27. The summed E-state index contributed by atoms with van der Waals surface area (Å²) in [6.07, 6.45) is 12.0. The Labute approximate surface area is 139 Å². The van der Waals surface area contributed by atoms with E-state index < -0.39 is 0 Å². The molecule has 1 aromatic carbocycles. The predicted molar refractivity (Wildman–Crippen MR) is 93.9 cm³/mol. The zero-order valence-corrected chi connectivity index (χ0v) is 14.3. The molecule has 0 bridgehead atoms. The van der Waals surface area contributed by atoms with Gasteiger partial charge in [-0.1, -0.05) is 37.7 Å². The highest BCUT2D eigenvalue weighted by atomic mass is 19.1.